The van der Waals surface area contributed by atoms with Crippen LogP contribution in [0.25, 0.3) is 22.0 Å². The van der Waals surface area contributed by atoms with Crippen molar-refractivity contribution in [3.63, 3.8) is 0 Å². The molecule has 5 nitrogen and oxygen atoms in total. The number of amides is 1. The van der Waals surface area contributed by atoms with Crippen molar-refractivity contribution >= 4 is 22.9 Å². The van der Waals surface area contributed by atoms with Crippen LogP contribution in [-0.4, -0.2) is 22.0 Å². The molecule has 0 aliphatic carbocycles. The molecule has 2 aromatic heterocycles. The smallest absolute Gasteiger partial charge is 0.268 e. The van der Waals surface area contributed by atoms with Crippen LogP contribution in [0, 0.1) is 12.7 Å². The molecule has 0 fully saturated rings. The number of pyridine rings is 1. The van der Waals surface area contributed by atoms with Crippen LogP contribution in [0.4, 0.5) is 10.1 Å². The maximum atomic E-state index is 14.3. The second-order valence-corrected chi connectivity index (χ2v) is 8.80. The Kier molecular flexibility index (Phi) is 5.19. The summed E-state index contributed by atoms with van der Waals surface area (Å²) in [6.45, 7) is 3.85. The van der Waals surface area contributed by atoms with E-state index in [0.717, 1.165) is 26.8 Å². The molecule has 1 atom stereocenters. The zero-order chi connectivity index (χ0) is 22.2. The van der Waals surface area contributed by atoms with Gasteiger partial charge in [-0.3, -0.25) is 9.78 Å². The zero-order valence-electron chi connectivity index (χ0n) is 17.6. The lowest BCUT2D eigenvalue weighted by atomic mass is 10.1. The lowest BCUT2D eigenvalue weighted by Crippen LogP contribution is -2.44. The van der Waals surface area contributed by atoms with Gasteiger partial charge in [-0.15, -0.1) is 11.3 Å². The van der Waals surface area contributed by atoms with Gasteiger partial charge in [-0.05, 0) is 50.2 Å². The molecule has 160 valence electrons. The van der Waals surface area contributed by atoms with Crippen molar-refractivity contribution in [1.82, 2.24) is 9.97 Å². The van der Waals surface area contributed by atoms with Crippen LogP contribution in [0.1, 0.15) is 17.4 Å². The molecule has 0 bridgehead atoms. The van der Waals surface area contributed by atoms with Gasteiger partial charge in [0.05, 0.1) is 23.6 Å². The van der Waals surface area contributed by atoms with Crippen molar-refractivity contribution in [2.24, 2.45) is 0 Å². The van der Waals surface area contributed by atoms with Gasteiger partial charge in [0, 0.05) is 22.2 Å². The van der Waals surface area contributed by atoms with Crippen LogP contribution in [0.2, 0.25) is 0 Å². The Morgan fingerprint density at radius 1 is 1.12 bits per heavy atom. The molecule has 3 heterocycles. The minimum absolute atomic E-state index is 0.130. The van der Waals surface area contributed by atoms with Gasteiger partial charge < -0.3 is 9.64 Å². The van der Waals surface area contributed by atoms with Crippen LogP contribution >= 0.6 is 11.3 Å². The van der Waals surface area contributed by atoms with Gasteiger partial charge in [0.25, 0.3) is 5.91 Å². The number of anilines is 1. The fourth-order valence-corrected chi connectivity index (χ4v) is 4.69. The number of benzene rings is 2. The van der Waals surface area contributed by atoms with E-state index in [1.165, 1.54) is 6.07 Å². The third kappa shape index (κ3) is 3.65. The molecule has 0 radical (unpaired) electrons. The van der Waals surface area contributed by atoms with Crippen LogP contribution < -0.4 is 9.64 Å². The molecule has 4 aromatic rings. The Bertz CT molecular complexity index is 1310. The molecule has 0 N–H and O–H groups in total. The highest BCUT2D eigenvalue weighted by atomic mass is 32.1. The normalized spacial score (nSPS) is 15.4. The first kappa shape index (κ1) is 20.3. The third-order valence-corrected chi connectivity index (χ3v) is 6.40. The van der Waals surface area contributed by atoms with E-state index in [4.69, 9.17) is 9.72 Å². The first-order chi connectivity index (χ1) is 15.5. The molecule has 1 aliphatic rings. The summed E-state index contributed by atoms with van der Waals surface area (Å²) in [5.74, 6) is 0.0459. The summed E-state index contributed by atoms with van der Waals surface area (Å²) >= 11 is 1.57. The highest BCUT2D eigenvalue weighted by molar-refractivity contribution is 7.15. The molecule has 0 saturated carbocycles. The molecule has 1 amide bonds. The number of aromatic nitrogens is 2. The SMILES string of the molecule is Cc1sc(-c2ccccn2)nc1-c1ccc2c(c1)N(Cc1ccccc1F)C(=O)C(C)O2. The Labute approximate surface area is 189 Å². The van der Waals surface area contributed by atoms with Crippen LogP contribution in [0.15, 0.2) is 66.9 Å². The topological polar surface area (TPSA) is 55.3 Å². The van der Waals surface area contributed by atoms with E-state index in [1.807, 2.05) is 43.3 Å². The van der Waals surface area contributed by atoms with Gasteiger partial charge >= 0.3 is 0 Å². The maximum Gasteiger partial charge on any atom is 0.268 e. The molecule has 32 heavy (non-hydrogen) atoms. The predicted molar refractivity (Wildman–Crippen MR) is 123 cm³/mol. The Morgan fingerprint density at radius 3 is 2.72 bits per heavy atom. The van der Waals surface area contributed by atoms with E-state index < -0.39 is 6.10 Å². The number of hydrogen-bond acceptors (Lipinski definition) is 5. The molecule has 7 heteroatoms. The van der Waals surface area contributed by atoms with E-state index in [9.17, 15) is 9.18 Å². The number of aryl methyl sites for hydroxylation is 1. The Morgan fingerprint density at radius 2 is 1.94 bits per heavy atom. The third-order valence-electron chi connectivity index (χ3n) is 5.41. The summed E-state index contributed by atoms with van der Waals surface area (Å²) in [4.78, 5) is 24.8. The second kappa shape index (κ2) is 8.16. The molecule has 2 aromatic carbocycles. The minimum atomic E-state index is -0.642. The molecule has 0 saturated heterocycles. The minimum Gasteiger partial charge on any atom is -0.479 e. The van der Waals surface area contributed by atoms with Gasteiger partial charge in [0.1, 0.15) is 16.6 Å². The van der Waals surface area contributed by atoms with Crippen LogP contribution in [0.5, 0.6) is 5.75 Å². The van der Waals surface area contributed by atoms with E-state index in [-0.39, 0.29) is 18.3 Å². The first-order valence-corrected chi connectivity index (χ1v) is 11.1. The van der Waals surface area contributed by atoms with Gasteiger partial charge in [0.2, 0.25) is 0 Å². The average Bonchev–Trinajstić information content (AvgIpc) is 3.20. The molecular formula is C25H20FN3O2S. The van der Waals surface area contributed by atoms with Crippen molar-refractivity contribution in [1.29, 1.82) is 0 Å². The van der Waals surface area contributed by atoms with Crippen LogP contribution in [-0.2, 0) is 11.3 Å². The number of nitrogens with zero attached hydrogens (tertiary/aromatic N) is 3. The summed E-state index contributed by atoms with van der Waals surface area (Å²) in [5, 5.41) is 0.833. The molecule has 5 rings (SSSR count). The van der Waals surface area contributed by atoms with E-state index in [2.05, 4.69) is 4.98 Å². The van der Waals surface area contributed by atoms with Crippen molar-refractivity contribution in [3.05, 3.63) is 83.1 Å². The second-order valence-electron chi connectivity index (χ2n) is 7.60. The summed E-state index contributed by atoms with van der Waals surface area (Å²) in [6, 6.07) is 17.9. The molecular weight excluding hydrogens is 425 g/mol. The number of ether oxygens (including phenoxy) is 1. The average molecular weight is 446 g/mol. The number of halogens is 1. The fraction of sp³-hybridized carbons (Fsp3) is 0.160. The summed E-state index contributed by atoms with van der Waals surface area (Å²) in [7, 11) is 0. The Balaban J connectivity index is 1.56. The van der Waals surface area contributed by atoms with E-state index in [0.29, 0.717) is 17.0 Å². The summed E-state index contributed by atoms with van der Waals surface area (Å²) in [5.41, 5.74) is 3.58. The van der Waals surface area contributed by atoms with Gasteiger partial charge in [-0.1, -0.05) is 24.3 Å². The number of carbonyl (C=O) groups excluding carboxylic acids is 1. The fourth-order valence-electron chi connectivity index (χ4n) is 3.78. The molecule has 1 unspecified atom stereocenters. The largest absolute Gasteiger partial charge is 0.479 e. The van der Waals surface area contributed by atoms with Crippen molar-refractivity contribution in [2.45, 2.75) is 26.5 Å². The molecule has 1 aliphatic heterocycles. The number of rotatable bonds is 4. The van der Waals surface area contributed by atoms with Crippen molar-refractivity contribution in [3.8, 4) is 27.7 Å². The number of hydrogen-bond donors (Lipinski definition) is 0. The maximum absolute atomic E-state index is 14.3. The highest BCUT2D eigenvalue weighted by Gasteiger charge is 2.32. The van der Waals surface area contributed by atoms with E-state index in [1.54, 1.807) is 47.6 Å². The molecule has 0 spiro atoms. The first-order valence-electron chi connectivity index (χ1n) is 10.3. The standard InChI is InChI=1S/C25H20FN3O2S/c1-15-25(30)29(14-18-7-3-4-8-19(18)26)21-13-17(10-11-22(21)31-15)23-16(2)32-24(28-23)20-9-5-6-12-27-20/h3-13,15H,14H2,1-2H3. The predicted octanol–water partition coefficient (Wildman–Crippen LogP) is 5.63. The zero-order valence-corrected chi connectivity index (χ0v) is 18.4. The lowest BCUT2D eigenvalue weighted by Gasteiger charge is -2.33. The van der Waals surface area contributed by atoms with Gasteiger partial charge in [-0.25, -0.2) is 9.37 Å². The number of fused-ring (bicyclic) bond motifs is 1. The quantitative estimate of drug-likeness (QED) is 0.408. The number of carbonyl (C=O) groups is 1. The van der Waals surface area contributed by atoms with Gasteiger partial charge in [-0.2, -0.15) is 0 Å². The summed E-state index contributed by atoms with van der Waals surface area (Å²) in [6.07, 6.45) is 1.10. The van der Waals surface area contributed by atoms with E-state index >= 15 is 0 Å². The Hall–Kier alpha value is -3.58. The van der Waals surface area contributed by atoms with Crippen molar-refractivity contribution < 1.29 is 13.9 Å². The van der Waals surface area contributed by atoms with Crippen molar-refractivity contribution in [2.75, 3.05) is 4.90 Å². The lowest BCUT2D eigenvalue weighted by molar-refractivity contribution is -0.125. The summed E-state index contributed by atoms with van der Waals surface area (Å²) < 4.78 is 20.1. The van der Waals surface area contributed by atoms with Crippen LogP contribution in [0.3, 0.4) is 0 Å². The van der Waals surface area contributed by atoms with Gasteiger partial charge in [0.15, 0.2) is 6.10 Å². The highest BCUT2D eigenvalue weighted by Crippen LogP contribution is 2.40. The monoisotopic (exact) mass is 445 g/mol. The number of thiazole rings is 1.